The van der Waals surface area contributed by atoms with Crippen molar-refractivity contribution in [2.45, 2.75) is 89.8 Å². The zero-order valence-electron chi connectivity index (χ0n) is 15.1. The van der Waals surface area contributed by atoms with Gasteiger partial charge >= 0.3 is 0 Å². The summed E-state index contributed by atoms with van der Waals surface area (Å²) >= 11 is 0. The molecule has 0 aliphatic carbocycles. The Morgan fingerprint density at radius 3 is 2.58 bits per heavy atom. The number of ether oxygens (including phenoxy) is 5. The summed E-state index contributed by atoms with van der Waals surface area (Å²) in [5.74, 6) is 0. The van der Waals surface area contributed by atoms with Gasteiger partial charge in [0.2, 0.25) is 0 Å². The second-order valence-corrected chi connectivity index (χ2v) is 6.54. The van der Waals surface area contributed by atoms with Crippen LogP contribution in [0, 0.1) is 0 Å². The van der Waals surface area contributed by atoms with E-state index in [1.807, 2.05) is 0 Å². The molecule has 2 heterocycles. The second-order valence-electron chi connectivity index (χ2n) is 6.54. The lowest BCUT2D eigenvalue weighted by Gasteiger charge is -2.26. The Kier molecular flexibility index (Phi) is 9.49. The first-order valence-corrected chi connectivity index (χ1v) is 9.52. The van der Waals surface area contributed by atoms with Crippen molar-refractivity contribution >= 4 is 0 Å². The lowest BCUT2D eigenvalue weighted by Crippen LogP contribution is -2.37. The molecule has 0 radical (unpaired) electrons. The molecule has 2 aliphatic rings. The molecule has 24 heavy (non-hydrogen) atoms. The van der Waals surface area contributed by atoms with Crippen LogP contribution in [0.5, 0.6) is 0 Å². The summed E-state index contributed by atoms with van der Waals surface area (Å²) in [5.41, 5.74) is 0. The molecule has 2 aliphatic heterocycles. The fourth-order valence-corrected chi connectivity index (χ4v) is 2.90. The molecule has 0 bridgehead atoms. The van der Waals surface area contributed by atoms with E-state index in [4.69, 9.17) is 23.7 Å². The SMILES string of the molecule is CCCCOC[C@H]1OC(OC2CCCCO2)[C@@H](F)[C@@H]1OCCCC. The fourth-order valence-electron chi connectivity index (χ4n) is 2.90. The van der Waals surface area contributed by atoms with Gasteiger partial charge < -0.3 is 23.7 Å². The second kappa shape index (κ2) is 11.4. The summed E-state index contributed by atoms with van der Waals surface area (Å²) in [5, 5.41) is 0. The van der Waals surface area contributed by atoms with Crippen molar-refractivity contribution in [2.24, 2.45) is 0 Å². The molecule has 0 saturated carbocycles. The molecule has 2 unspecified atom stereocenters. The third-order valence-corrected chi connectivity index (χ3v) is 4.41. The van der Waals surface area contributed by atoms with Crippen LogP contribution >= 0.6 is 0 Å². The largest absolute Gasteiger partial charge is 0.379 e. The maximum absolute atomic E-state index is 14.8. The van der Waals surface area contributed by atoms with Gasteiger partial charge in [0.05, 0.1) is 6.61 Å². The summed E-state index contributed by atoms with van der Waals surface area (Å²) < 4.78 is 43.1. The molecular weight excluding hydrogens is 315 g/mol. The molecule has 0 aromatic heterocycles. The number of hydrogen-bond acceptors (Lipinski definition) is 5. The van der Waals surface area contributed by atoms with Gasteiger partial charge in [-0.2, -0.15) is 0 Å². The lowest BCUT2D eigenvalue weighted by molar-refractivity contribution is -0.261. The smallest absolute Gasteiger partial charge is 0.195 e. The molecule has 0 amide bonds. The quantitative estimate of drug-likeness (QED) is 0.534. The molecule has 5 nitrogen and oxygen atoms in total. The van der Waals surface area contributed by atoms with E-state index in [9.17, 15) is 4.39 Å². The topological polar surface area (TPSA) is 46.2 Å². The Morgan fingerprint density at radius 1 is 1.08 bits per heavy atom. The van der Waals surface area contributed by atoms with Gasteiger partial charge in [-0.25, -0.2) is 4.39 Å². The minimum Gasteiger partial charge on any atom is -0.379 e. The third-order valence-electron chi connectivity index (χ3n) is 4.41. The first-order chi connectivity index (χ1) is 11.8. The molecule has 0 spiro atoms. The Bertz CT molecular complexity index is 325. The highest BCUT2D eigenvalue weighted by Crippen LogP contribution is 2.30. The van der Waals surface area contributed by atoms with Crippen LogP contribution in [0.3, 0.4) is 0 Å². The number of halogens is 1. The number of hydrogen-bond donors (Lipinski definition) is 0. The van der Waals surface area contributed by atoms with Crippen molar-refractivity contribution in [3.63, 3.8) is 0 Å². The minimum atomic E-state index is -1.31. The monoisotopic (exact) mass is 348 g/mol. The van der Waals surface area contributed by atoms with E-state index < -0.39 is 24.7 Å². The average Bonchev–Trinajstić information content (AvgIpc) is 2.89. The van der Waals surface area contributed by atoms with Gasteiger partial charge in [-0.1, -0.05) is 26.7 Å². The predicted molar refractivity (Wildman–Crippen MR) is 88.6 cm³/mol. The van der Waals surface area contributed by atoms with Crippen molar-refractivity contribution in [3.8, 4) is 0 Å². The summed E-state index contributed by atoms with van der Waals surface area (Å²) in [4.78, 5) is 0. The highest BCUT2D eigenvalue weighted by atomic mass is 19.1. The molecule has 2 saturated heterocycles. The maximum Gasteiger partial charge on any atom is 0.195 e. The van der Waals surface area contributed by atoms with Gasteiger partial charge in [0, 0.05) is 19.8 Å². The third kappa shape index (κ3) is 6.23. The van der Waals surface area contributed by atoms with Crippen LogP contribution in [0.2, 0.25) is 0 Å². The Labute approximate surface area is 145 Å². The lowest BCUT2D eigenvalue weighted by atomic mass is 10.1. The van der Waals surface area contributed by atoms with Gasteiger partial charge in [-0.15, -0.1) is 0 Å². The van der Waals surface area contributed by atoms with Crippen LogP contribution in [0.15, 0.2) is 0 Å². The highest BCUT2D eigenvalue weighted by Gasteiger charge is 2.47. The van der Waals surface area contributed by atoms with Crippen LogP contribution in [0.25, 0.3) is 0 Å². The van der Waals surface area contributed by atoms with Crippen molar-refractivity contribution in [2.75, 3.05) is 26.4 Å². The summed E-state index contributed by atoms with van der Waals surface area (Å²) in [7, 11) is 0. The summed E-state index contributed by atoms with van der Waals surface area (Å²) in [6, 6.07) is 0. The van der Waals surface area contributed by atoms with E-state index in [1.165, 1.54) is 0 Å². The predicted octanol–water partition coefficient (Wildman–Crippen LogP) is 3.59. The molecule has 0 aromatic rings. The van der Waals surface area contributed by atoms with Gasteiger partial charge in [-0.3, -0.25) is 0 Å². The molecule has 142 valence electrons. The van der Waals surface area contributed by atoms with E-state index in [0.29, 0.717) is 26.4 Å². The molecule has 2 fully saturated rings. The molecule has 0 N–H and O–H groups in total. The number of alkyl halides is 1. The molecule has 2 rings (SSSR count). The first-order valence-electron chi connectivity index (χ1n) is 9.52. The van der Waals surface area contributed by atoms with E-state index in [2.05, 4.69) is 13.8 Å². The standard InChI is InChI=1S/C18H33FO5/c1-3-5-10-20-13-14-17(22-11-6-4-2)16(19)18(23-14)24-15-9-7-8-12-21-15/h14-18H,3-13H2,1-2H3/t14-,15?,16+,17-,18?/m1/s1. The van der Waals surface area contributed by atoms with Gasteiger partial charge in [0.25, 0.3) is 0 Å². The Balaban J connectivity index is 1.84. The summed E-state index contributed by atoms with van der Waals surface area (Å²) in [6.07, 6.45) is 3.14. The zero-order chi connectivity index (χ0) is 17.2. The molecular formula is C18H33FO5. The minimum absolute atomic E-state index is 0.336. The van der Waals surface area contributed by atoms with Crippen molar-refractivity contribution in [1.29, 1.82) is 0 Å². The van der Waals surface area contributed by atoms with Gasteiger partial charge in [-0.05, 0) is 32.1 Å². The van der Waals surface area contributed by atoms with Crippen LogP contribution in [0.4, 0.5) is 4.39 Å². The fraction of sp³-hybridized carbons (Fsp3) is 1.00. The van der Waals surface area contributed by atoms with Crippen molar-refractivity contribution in [1.82, 2.24) is 0 Å². The van der Waals surface area contributed by atoms with Crippen molar-refractivity contribution in [3.05, 3.63) is 0 Å². The van der Waals surface area contributed by atoms with E-state index in [-0.39, 0.29) is 6.29 Å². The van der Waals surface area contributed by atoms with Crippen molar-refractivity contribution < 1.29 is 28.1 Å². The molecule has 5 atom stereocenters. The Morgan fingerprint density at radius 2 is 1.88 bits per heavy atom. The number of rotatable bonds is 11. The normalized spacial score (nSPS) is 33.9. The van der Waals surface area contributed by atoms with Crippen LogP contribution in [-0.2, 0) is 23.7 Å². The molecule has 6 heteroatoms. The molecule has 0 aromatic carbocycles. The zero-order valence-corrected chi connectivity index (χ0v) is 15.1. The first kappa shape index (κ1) is 20.0. The summed E-state index contributed by atoms with van der Waals surface area (Å²) in [6.45, 7) is 6.38. The average molecular weight is 348 g/mol. The van der Waals surface area contributed by atoms with Gasteiger partial charge in [0.15, 0.2) is 18.8 Å². The van der Waals surface area contributed by atoms with E-state index >= 15 is 0 Å². The highest BCUT2D eigenvalue weighted by molar-refractivity contribution is 4.89. The van der Waals surface area contributed by atoms with E-state index in [1.54, 1.807) is 0 Å². The van der Waals surface area contributed by atoms with Crippen LogP contribution < -0.4 is 0 Å². The van der Waals surface area contributed by atoms with E-state index in [0.717, 1.165) is 44.9 Å². The van der Waals surface area contributed by atoms with Crippen LogP contribution in [0.1, 0.15) is 58.8 Å². The van der Waals surface area contributed by atoms with Crippen LogP contribution in [-0.4, -0.2) is 57.4 Å². The maximum atomic E-state index is 14.8. The van der Waals surface area contributed by atoms with Gasteiger partial charge in [0.1, 0.15) is 12.2 Å². The number of unbranched alkanes of at least 4 members (excludes halogenated alkanes) is 2. The Hall–Kier alpha value is -0.270.